The Morgan fingerprint density at radius 2 is 0.354 bits per heavy atom. The van der Waals surface area contributed by atoms with Crippen LogP contribution in [0.5, 0.6) is 0 Å². The topological polar surface area (TPSA) is 0 Å². The molecule has 4 aromatic rings. The SMILES string of the molecule is CC[SH2+].Fc1c(F)c(F)c([B-](c2c(F)c(F)c(F)c(F)c2F)(c2c(F)c(F)c(F)c(F)c2F)c2c(F)c(F)c(F)c(F)c2F)c(F)c1F. The zero-order valence-corrected chi connectivity index (χ0v) is 23.3. The van der Waals surface area contributed by atoms with Crippen molar-refractivity contribution >= 4 is 40.6 Å². The molecule has 0 bridgehead atoms. The van der Waals surface area contributed by atoms with Crippen LogP contribution in [0.4, 0.5) is 87.8 Å². The number of rotatable bonds is 4. The quantitative estimate of drug-likeness (QED) is 0.0809. The van der Waals surface area contributed by atoms with Gasteiger partial charge in [0.05, 0.1) is 0 Å². The van der Waals surface area contributed by atoms with Crippen LogP contribution in [0.3, 0.4) is 0 Å². The largest absolute Gasteiger partial charge is 0.207 e. The minimum absolute atomic E-state index is 1.06. The normalized spacial score (nSPS) is 11.6. The lowest BCUT2D eigenvalue weighted by molar-refractivity contribution is 0.378. The van der Waals surface area contributed by atoms with Crippen LogP contribution in [0.1, 0.15) is 6.92 Å². The van der Waals surface area contributed by atoms with E-state index in [2.05, 4.69) is 12.6 Å². The van der Waals surface area contributed by atoms with Crippen LogP contribution in [0, 0.1) is 116 Å². The summed E-state index contributed by atoms with van der Waals surface area (Å²) in [6.45, 7) is 2.04. The summed E-state index contributed by atoms with van der Waals surface area (Å²) in [4.78, 5) is 0. The molecular weight excluding hydrogens is 735 g/mol. The van der Waals surface area contributed by atoms with Crippen LogP contribution in [-0.4, -0.2) is 11.9 Å². The molecule has 260 valence electrons. The maximum absolute atomic E-state index is 15.4. The molecule has 0 saturated heterocycles. The van der Waals surface area contributed by atoms with Crippen LogP contribution >= 0.6 is 0 Å². The Morgan fingerprint density at radius 1 is 0.271 bits per heavy atom. The zero-order valence-electron chi connectivity index (χ0n) is 22.3. The van der Waals surface area contributed by atoms with Gasteiger partial charge in [-0.2, -0.15) is 0 Å². The summed E-state index contributed by atoms with van der Waals surface area (Å²) in [5.41, 5.74) is -14.3. The Balaban J connectivity index is 0.00000201. The summed E-state index contributed by atoms with van der Waals surface area (Å²) in [6.07, 6.45) is -7.22. The van der Waals surface area contributed by atoms with Crippen molar-refractivity contribution in [3.8, 4) is 0 Å². The Labute approximate surface area is 257 Å². The molecule has 0 nitrogen and oxygen atoms in total. The lowest BCUT2D eigenvalue weighted by Crippen LogP contribution is -2.81. The van der Waals surface area contributed by atoms with E-state index in [-0.39, 0.29) is 0 Å². The molecule has 0 atom stereocenters. The highest BCUT2D eigenvalue weighted by molar-refractivity contribution is 7.58. The minimum Gasteiger partial charge on any atom is -0.207 e. The summed E-state index contributed by atoms with van der Waals surface area (Å²) < 4.78 is 294. The van der Waals surface area contributed by atoms with E-state index in [0.717, 1.165) is 5.75 Å². The minimum atomic E-state index is -7.22. The van der Waals surface area contributed by atoms with Crippen molar-refractivity contribution in [2.75, 3.05) is 5.75 Å². The van der Waals surface area contributed by atoms with Gasteiger partial charge in [-0.05, 0) is 19.6 Å². The summed E-state index contributed by atoms with van der Waals surface area (Å²) in [7, 11) is 0. The highest BCUT2D eigenvalue weighted by atomic mass is 32.1. The predicted molar refractivity (Wildman–Crippen MR) is 130 cm³/mol. The number of halogens is 20. The average molecular weight is 742 g/mol. The molecule has 4 rings (SSSR count). The van der Waals surface area contributed by atoms with Gasteiger partial charge >= 0.3 is 0 Å². The second kappa shape index (κ2) is 13.4. The van der Waals surface area contributed by atoms with E-state index >= 15 is 35.1 Å². The Hall–Kier alpha value is -4.11. The third-order valence-electron chi connectivity index (χ3n) is 6.71. The van der Waals surface area contributed by atoms with Gasteiger partial charge in [-0.3, -0.25) is 0 Å². The molecule has 0 spiro atoms. The van der Waals surface area contributed by atoms with Crippen molar-refractivity contribution in [2.24, 2.45) is 0 Å². The monoisotopic (exact) mass is 742 g/mol. The van der Waals surface area contributed by atoms with Gasteiger partial charge < -0.3 is 0 Å². The summed E-state index contributed by atoms with van der Waals surface area (Å²) in [5, 5.41) is 0. The van der Waals surface area contributed by atoms with Gasteiger partial charge in [0.15, 0.2) is 69.8 Å². The first-order valence-electron chi connectivity index (χ1n) is 12.0. The van der Waals surface area contributed by atoms with E-state index < -0.39 is 144 Å². The predicted octanol–water partition coefficient (Wildman–Crippen LogP) is 5.86. The van der Waals surface area contributed by atoms with Gasteiger partial charge in [0, 0.05) is 0 Å². The van der Waals surface area contributed by atoms with Crippen LogP contribution in [0.25, 0.3) is 0 Å². The van der Waals surface area contributed by atoms with E-state index in [1.54, 1.807) is 0 Å². The Morgan fingerprint density at radius 3 is 0.458 bits per heavy atom. The molecule has 4 aromatic carbocycles. The number of hydrogen-bond acceptors (Lipinski definition) is 0. The van der Waals surface area contributed by atoms with E-state index in [0.29, 0.717) is 0 Å². The van der Waals surface area contributed by atoms with Crippen LogP contribution in [-0.2, 0) is 12.6 Å². The molecule has 0 fully saturated rings. The molecule has 0 radical (unpaired) electrons. The maximum Gasteiger partial charge on any atom is 0.200 e. The van der Waals surface area contributed by atoms with Gasteiger partial charge in [0.25, 0.3) is 0 Å². The van der Waals surface area contributed by atoms with Crippen molar-refractivity contribution in [3.63, 3.8) is 0 Å². The summed E-state index contributed by atoms with van der Waals surface area (Å²) in [6, 6.07) is 0. The summed E-state index contributed by atoms with van der Waals surface area (Å²) >= 11 is 3.18. The molecular formula is C26H7BF20S. The van der Waals surface area contributed by atoms with E-state index in [4.69, 9.17) is 0 Å². The third kappa shape index (κ3) is 5.22. The van der Waals surface area contributed by atoms with Gasteiger partial charge in [0.2, 0.25) is 0 Å². The third-order valence-corrected chi connectivity index (χ3v) is 6.71. The van der Waals surface area contributed by atoms with Gasteiger partial charge in [-0.25, -0.2) is 87.8 Å². The molecule has 0 saturated carbocycles. The maximum atomic E-state index is 15.4. The van der Waals surface area contributed by atoms with Crippen molar-refractivity contribution in [2.45, 2.75) is 6.92 Å². The fourth-order valence-corrected chi connectivity index (χ4v) is 4.87. The van der Waals surface area contributed by atoms with Crippen LogP contribution in [0.2, 0.25) is 0 Å². The fraction of sp³-hybridized carbons (Fsp3) is 0.0769. The molecule has 48 heavy (non-hydrogen) atoms. The van der Waals surface area contributed by atoms with E-state index in [1.165, 1.54) is 0 Å². The van der Waals surface area contributed by atoms with Gasteiger partial charge in [0.1, 0.15) is 58.4 Å². The highest BCUT2D eigenvalue weighted by Gasteiger charge is 2.52. The van der Waals surface area contributed by atoms with E-state index in [1.807, 2.05) is 6.92 Å². The van der Waals surface area contributed by atoms with E-state index in [9.17, 15) is 52.7 Å². The molecule has 0 heterocycles. The number of hydrogen-bond donors (Lipinski definition) is 0. The summed E-state index contributed by atoms with van der Waals surface area (Å²) in [5.74, 6) is -70.3. The van der Waals surface area contributed by atoms with Crippen molar-refractivity contribution in [3.05, 3.63) is 116 Å². The molecule has 0 aliphatic heterocycles. The second-order valence-electron chi connectivity index (χ2n) is 9.15. The zero-order chi connectivity index (χ0) is 37.1. The molecule has 0 N–H and O–H groups in total. The second-order valence-corrected chi connectivity index (χ2v) is 9.86. The smallest absolute Gasteiger partial charge is 0.200 e. The van der Waals surface area contributed by atoms with Crippen LogP contribution < -0.4 is 21.9 Å². The van der Waals surface area contributed by atoms with Crippen molar-refractivity contribution in [1.29, 1.82) is 0 Å². The average Bonchev–Trinajstić information content (AvgIpc) is 3.04. The number of benzene rings is 4. The lowest BCUT2D eigenvalue weighted by atomic mass is 9.12. The first-order valence-corrected chi connectivity index (χ1v) is 12.7. The van der Waals surface area contributed by atoms with Gasteiger partial charge in [-0.15, -0.1) is 21.9 Å². The Kier molecular flexibility index (Phi) is 10.7. The Bertz CT molecular complexity index is 1590. The molecule has 0 aliphatic carbocycles. The van der Waals surface area contributed by atoms with Crippen molar-refractivity contribution in [1.82, 2.24) is 0 Å². The van der Waals surface area contributed by atoms with Crippen LogP contribution in [0.15, 0.2) is 0 Å². The molecule has 0 unspecified atom stereocenters. The van der Waals surface area contributed by atoms with Gasteiger partial charge in [-0.1, -0.05) is 0 Å². The standard InChI is InChI=1S/C24BF20.C2H6S/c26-5-1(6(27)14(35)21(42)13(5)34)25(2-7(28)15(36)22(43)16(37)8(2)29,3-9(30)17(38)23(44)18(39)10(3)31)4-11(32)19(40)24(45)20(41)12(4)33;1-2-3/h;3H,2H2,1H3/q-1;/p+1. The first-order chi connectivity index (χ1) is 22.1. The fourth-order valence-electron chi connectivity index (χ4n) is 4.87. The van der Waals surface area contributed by atoms with Crippen molar-refractivity contribution < 1.29 is 87.8 Å². The lowest BCUT2D eigenvalue weighted by Gasteiger charge is -2.44. The first kappa shape index (κ1) is 38.3. The molecule has 0 amide bonds. The molecule has 0 aromatic heterocycles. The molecule has 0 aliphatic rings. The molecule has 22 heteroatoms. The highest BCUT2D eigenvalue weighted by Crippen LogP contribution is 2.30.